The molecule has 0 bridgehead atoms. The van der Waals surface area contributed by atoms with Crippen molar-refractivity contribution in [3.05, 3.63) is 54.0 Å². The number of guanidine groups is 1. The average Bonchev–Trinajstić information content (AvgIpc) is 3.36. The van der Waals surface area contributed by atoms with Gasteiger partial charge in [-0.3, -0.25) is 0 Å². The van der Waals surface area contributed by atoms with Crippen molar-refractivity contribution in [2.24, 2.45) is 4.99 Å². The molecule has 1 aliphatic heterocycles. The molecule has 0 radical (unpaired) electrons. The van der Waals surface area contributed by atoms with Gasteiger partial charge < -0.3 is 24.5 Å². The number of benzene rings is 1. The van der Waals surface area contributed by atoms with Gasteiger partial charge in [0.25, 0.3) is 0 Å². The zero-order valence-electron chi connectivity index (χ0n) is 16.2. The summed E-state index contributed by atoms with van der Waals surface area (Å²) in [5.41, 5.74) is 1.01. The molecule has 1 atom stereocenters. The number of nitrogens with zero attached hydrogens (tertiary/aromatic N) is 1. The molecule has 6 nitrogen and oxygen atoms in total. The fourth-order valence-corrected chi connectivity index (χ4v) is 3.08. The summed E-state index contributed by atoms with van der Waals surface area (Å²) in [6.45, 7) is 5.07. The number of ether oxygens (including phenoxy) is 2. The van der Waals surface area contributed by atoms with E-state index in [2.05, 4.69) is 17.6 Å². The van der Waals surface area contributed by atoms with E-state index >= 15 is 0 Å². The van der Waals surface area contributed by atoms with Crippen molar-refractivity contribution in [3.8, 4) is 5.75 Å². The van der Waals surface area contributed by atoms with Crippen molar-refractivity contribution in [1.82, 2.24) is 10.6 Å². The number of aliphatic imine (C=N–C) groups is 1. The molecule has 2 heterocycles. The summed E-state index contributed by atoms with van der Waals surface area (Å²) in [5, 5.41) is 6.82. The number of hydrogen-bond acceptors (Lipinski definition) is 4. The Balaban J connectivity index is 1.57. The third-order valence-electron chi connectivity index (χ3n) is 4.75. The molecule has 1 aliphatic rings. The minimum atomic E-state index is -0.121. The standard InChI is InChI=1S/C21H29N3O3/c1-21(11-4-14-27-21)16-24-20(22-12-10-19-5-3-13-26-19)23-15-17-6-8-18(25-2)9-7-17/h3,5-9,13H,4,10-12,14-16H2,1-2H3,(H2,22,23,24). The Kier molecular flexibility index (Phi) is 6.76. The maximum Gasteiger partial charge on any atom is 0.191 e. The van der Waals surface area contributed by atoms with E-state index < -0.39 is 0 Å². The van der Waals surface area contributed by atoms with Gasteiger partial charge in [-0.25, -0.2) is 4.99 Å². The second-order valence-electron chi connectivity index (χ2n) is 7.02. The monoisotopic (exact) mass is 371 g/mol. The summed E-state index contributed by atoms with van der Waals surface area (Å²) in [5.74, 6) is 2.60. The Morgan fingerprint density at radius 3 is 2.74 bits per heavy atom. The molecule has 0 amide bonds. The van der Waals surface area contributed by atoms with Crippen molar-refractivity contribution >= 4 is 5.96 Å². The molecule has 2 aromatic rings. The first-order valence-electron chi connectivity index (χ1n) is 9.48. The zero-order valence-corrected chi connectivity index (χ0v) is 16.2. The van der Waals surface area contributed by atoms with Crippen LogP contribution in [0.2, 0.25) is 0 Å². The molecule has 1 saturated heterocycles. The maximum absolute atomic E-state index is 5.87. The third-order valence-corrected chi connectivity index (χ3v) is 4.75. The molecule has 0 saturated carbocycles. The molecule has 1 aromatic carbocycles. The van der Waals surface area contributed by atoms with Crippen LogP contribution in [-0.4, -0.2) is 38.4 Å². The molecule has 0 aliphatic carbocycles. The van der Waals surface area contributed by atoms with Gasteiger partial charge in [0.1, 0.15) is 11.5 Å². The first kappa shape index (κ1) is 19.3. The Bertz CT molecular complexity index is 705. The fourth-order valence-electron chi connectivity index (χ4n) is 3.08. The van der Waals surface area contributed by atoms with E-state index in [1.165, 1.54) is 0 Å². The van der Waals surface area contributed by atoms with Crippen LogP contribution in [0.25, 0.3) is 0 Å². The van der Waals surface area contributed by atoms with Crippen LogP contribution in [-0.2, 0) is 17.7 Å². The van der Waals surface area contributed by atoms with E-state index in [4.69, 9.17) is 18.9 Å². The maximum atomic E-state index is 5.87. The van der Waals surface area contributed by atoms with Crippen LogP contribution in [0.3, 0.4) is 0 Å². The minimum absolute atomic E-state index is 0.121. The lowest BCUT2D eigenvalue weighted by molar-refractivity contribution is 0.0242. The normalized spacial score (nSPS) is 19.9. The molecule has 6 heteroatoms. The van der Waals surface area contributed by atoms with Gasteiger partial charge in [0.15, 0.2) is 5.96 Å². The van der Waals surface area contributed by atoms with Crippen molar-refractivity contribution < 1.29 is 13.9 Å². The topological polar surface area (TPSA) is 68.0 Å². The highest BCUT2D eigenvalue weighted by molar-refractivity contribution is 5.79. The Morgan fingerprint density at radius 2 is 2.07 bits per heavy atom. The van der Waals surface area contributed by atoms with Gasteiger partial charge in [-0.15, -0.1) is 0 Å². The largest absolute Gasteiger partial charge is 0.497 e. The van der Waals surface area contributed by atoms with Gasteiger partial charge in [0.2, 0.25) is 0 Å². The first-order valence-corrected chi connectivity index (χ1v) is 9.48. The highest BCUT2D eigenvalue weighted by atomic mass is 16.5. The Morgan fingerprint density at radius 1 is 1.22 bits per heavy atom. The first-order chi connectivity index (χ1) is 13.2. The van der Waals surface area contributed by atoms with Gasteiger partial charge in [0.05, 0.1) is 25.5 Å². The van der Waals surface area contributed by atoms with Gasteiger partial charge in [-0.05, 0) is 49.6 Å². The highest BCUT2D eigenvalue weighted by Gasteiger charge is 2.29. The second kappa shape index (κ2) is 9.46. The molecular weight excluding hydrogens is 342 g/mol. The number of furan rings is 1. The van der Waals surface area contributed by atoms with Crippen molar-refractivity contribution in [3.63, 3.8) is 0 Å². The minimum Gasteiger partial charge on any atom is -0.497 e. The van der Waals surface area contributed by atoms with E-state index in [1.54, 1.807) is 13.4 Å². The van der Waals surface area contributed by atoms with E-state index in [0.29, 0.717) is 6.54 Å². The van der Waals surface area contributed by atoms with Crippen LogP contribution in [0, 0.1) is 0 Å². The number of hydrogen-bond donors (Lipinski definition) is 2. The van der Waals surface area contributed by atoms with Crippen molar-refractivity contribution in [2.75, 3.05) is 26.8 Å². The Labute approximate surface area is 161 Å². The molecule has 1 unspecified atom stereocenters. The van der Waals surface area contributed by atoms with Crippen LogP contribution in [0.5, 0.6) is 5.75 Å². The summed E-state index contributed by atoms with van der Waals surface area (Å²) in [4.78, 5) is 4.73. The van der Waals surface area contributed by atoms with E-state index in [9.17, 15) is 0 Å². The van der Waals surface area contributed by atoms with Crippen LogP contribution in [0.4, 0.5) is 0 Å². The average molecular weight is 371 g/mol. The van der Waals surface area contributed by atoms with E-state index in [0.717, 1.165) is 62.0 Å². The SMILES string of the molecule is COc1ccc(CN=C(NCCc2ccco2)NCC2(C)CCCO2)cc1. The summed E-state index contributed by atoms with van der Waals surface area (Å²) in [6.07, 6.45) is 4.69. The molecule has 2 N–H and O–H groups in total. The van der Waals surface area contributed by atoms with Gasteiger partial charge >= 0.3 is 0 Å². The van der Waals surface area contributed by atoms with Gasteiger partial charge in [0, 0.05) is 26.1 Å². The van der Waals surface area contributed by atoms with Crippen molar-refractivity contribution in [1.29, 1.82) is 0 Å². The summed E-state index contributed by atoms with van der Waals surface area (Å²) in [6, 6.07) is 11.9. The van der Waals surface area contributed by atoms with Crippen LogP contribution >= 0.6 is 0 Å². The van der Waals surface area contributed by atoms with Gasteiger partial charge in [-0.2, -0.15) is 0 Å². The molecule has 1 aromatic heterocycles. The molecule has 146 valence electrons. The molecular formula is C21H29N3O3. The fraction of sp³-hybridized carbons (Fsp3) is 0.476. The predicted octanol–water partition coefficient (Wildman–Crippen LogP) is 3.14. The number of methoxy groups -OCH3 is 1. The lowest BCUT2D eigenvalue weighted by Crippen LogP contribution is -2.46. The lowest BCUT2D eigenvalue weighted by Gasteiger charge is -2.24. The quantitative estimate of drug-likeness (QED) is 0.551. The smallest absolute Gasteiger partial charge is 0.191 e. The van der Waals surface area contributed by atoms with Gasteiger partial charge in [-0.1, -0.05) is 12.1 Å². The van der Waals surface area contributed by atoms with E-state index in [-0.39, 0.29) is 5.60 Å². The Hall–Kier alpha value is -2.47. The molecule has 27 heavy (non-hydrogen) atoms. The lowest BCUT2D eigenvalue weighted by atomic mass is 10.0. The second-order valence-corrected chi connectivity index (χ2v) is 7.02. The van der Waals surface area contributed by atoms with Crippen LogP contribution in [0.15, 0.2) is 52.1 Å². The van der Waals surface area contributed by atoms with Crippen LogP contribution < -0.4 is 15.4 Å². The molecule has 1 fully saturated rings. The number of nitrogens with one attached hydrogen (secondary N) is 2. The molecule has 3 rings (SSSR count). The van der Waals surface area contributed by atoms with Crippen molar-refractivity contribution in [2.45, 2.75) is 38.3 Å². The predicted molar refractivity (Wildman–Crippen MR) is 106 cm³/mol. The molecule has 0 spiro atoms. The zero-order chi connectivity index (χ0) is 19.0. The van der Waals surface area contributed by atoms with E-state index in [1.807, 2.05) is 36.4 Å². The highest BCUT2D eigenvalue weighted by Crippen LogP contribution is 2.23. The summed E-state index contributed by atoms with van der Waals surface area (Å²) in [7, 11) is 1.67. The third kappa shape index (κ3) is 6.03. The number of rotatable bonds is 8. The summed E-state index contributed by atoms with van der Waals surface area (Å²) < 4.78 is 16.5. The summed E-state index contributed by atoms with van der Waals surface area (Å²) >= 11 is 0. The van der Waals surface area contributed by atoms with Crippen LogP contribution in [0.1, 0.15) is 31.1 Å².